The molecule has 0 radical (unpaired) electrons. The maximum atomic E-state index is 4.71. The Labute approximate surface area is 157 Å². The van der Waals surface area contributed by atoms with Crippen LogP contribution in [0.3, 0.4) is 0 Å². The first-order chi connectivity index (χ1) is 13.4. The fraction of sp³-hybridized carbons (Fsp3) is 0.150. The Hall–Kier alpha value is -3.61. The Bertz CT molecular complexity index is 912. The van der Waals surface area contributed by atoms with E-state index >= 15 is 0 Å². The quantitative estimate of drug-likeness (QED) is 0.511. The van der Waals surface area contributed by atoms with Crippen LogP contribution in [0.15, 0.2) is 73.8 Å². The molecule has 1 N–H and O–H groups in total. The van der Waals surface area contributed by atoms with Crippen molar-refractivity contribution in [2.24, 2.45) is 0 Å². The molecule has 7 nitrogen and oxygen atoms in total. The summed E-state index contributed by atoms with van der Waals surface area (Å²) < 4.78 is 2.06. The number of rotatable bonds is 7. The van der Waals surface area contributed by atoms with E-state index in [1.807, 2.05) is 42.9 Å². The molecule has 4 heterocycles. The van der Waals surface area contributed by atoms with Crippen molar-refractivity contribution < 1.29 is 0 Å². The van der Waals surface area contributed by atoms with Crippen LogP contribution in [0, 0.1) is 0 Å². The fourth-order valence-corrected chi connectivity index (χ4v) is 2.73. The second kappa shape index (κ2) is 8.18. The first-order valence-electron chi connectivity index (χ1n) is 8.78. The molecule has 0 bridgehead atoms. The predicted molar refractivity (Wildman–Crippen MR) is 104 cm³/mol. The zero-order chi connectivity index (χ0) is 18.3. The van der Waals surface area contributed by atoms with Crippen LogP contribution >= 0.6 is 0 Å². The van der Waals surface area contributed by atoms with E-state index < -0.39 is 0 Å². The van der Waals surface area contributed by atoms with E-state index in [1.165, 1.54) is 0 Å². The number of aryl methyl sites for hydroxylation is 1. The molecule has 0 fully saturated rings. The summed E-state index contributed by atoms with van der Waals surface area (Å²) in [6.07, 6.45) is 13.6. The van der Waals surface area contributed by atoms with Crippen molar-refractivity contribution >= 4 is 5.82 Å². The lowest BCUT2D eigenvalue weighted by Crippen LogP contribution is -2.08. The van der Waals surface area contributed by atoms with Crippen molar-refractivity contribution in [3.05, 3.63) is 73.8 Å². The molecule has 27 heavy (non-hydrogen) atoms. The van der Waals surface area contributed by atoms with Crippen LogP contribution < -0.4 is 5.32 Å². The molecule has 0 aliphatic rings. The van der Waals surface area contributed by atoms with E-state index in [-0.39, 0.29) is 0 Å². The summed E-state index contributed by atoms with van der Waals surface area (Å²) in [6, 6.07) is 9.69. The van der Waals surface area contributed by atoms with Gasteiger partial charge in [-0.25, -0.2) is 15.0 Å². The Balaban J connectivity index is 1.56. The van der Waals surface area contributed by atoms with Gasteiger partial charge in [0.1, 0.15) is 5.82 Å². The molecular weight excluding hydrogens is 338 g/mol. The Morgan fingerprint density at radius 1 is 0.889 bits per heavy atom. The molecular formula is C20H19N7. The molecule has 4 aromatic rings. The lowest BCUT2D eigenvalue weighted by molar-refractivity contribution is 0.660. The number of pyridine rings is 2. The average molecular weight is 357 g/mol. The zero-order valence-electron chi connectivity index (χ0n) is 14.7. The number of anilines is 1. The van der Waals surface area contributed by atoms with E-state index in [2.05, 4.69) is 29.8 Å². The minimum Gasteiger partial charge on any atom is -0.370 e. The molecule has 4 rings (SSSR count). The first kappa shape index (κ1) is 16.8. The average Bonchev–Trinajstić information content (AvgIpc) is 3.26. The molecule has 0 aliphatic carbocycles. The van der Waals surface area contributed by atoms with Crippen molar-refractivity contribution in [2.75, 3.05) is 11.9 Å². The van der Waals surface area contributed by atoms with E-state index in [0.29, 0.717) is 5.82 Å². The molecule has 0 atom stereocenters. The standard InChI is InChI=1S/C20H19N7/c1-3-17(14-22-6-1)20-25-18(16-4-8-21-9-5-16)13-19(26-20)24-7-2-11-27-12-10-23-15-27/h1,3-6,8-10,12-15H,2,7,11H2,(H,24,25,26). The van der Waals surface area contributed by atoms with Gasteiger partial charge in [0.25, 0.3) is 0 Å². The SMILES string of the molecule is c1cncc(-c2nc(NCCCn3ccnc3)cc(-c3ccncc3)n2)c1. The van der Waals surface area contributed by atoms with E-state index in [9.17, 15) is 0 Å². The lowest BCUT2D eigenvalue weighted by Gasteiger charge is -2.10. The normalized spacial score (nSPS) is 10.7. The highest BCUT2D eigenvalue weighted by atomic mass is 15.0. The lowest BCUT2D eigenvalue weighted by atomic mass is 10.1. The number of hydrogen-bond donors (Lipinski definition) is 1. The van der Waals surface area contributed by atoms with E-state index in [0.717, 1.165) is 42.1 Å². The number of nitrogens with one attached hydrogen (secondary N) is 1. The molecule has 0 spiro atoms. The fourth-order valence-electron chi connectivity index (χ4n) is 2.73. The smallest absolute Gasteiger partial charge is 0.163 e. The minimum absolute atomic E-state index is 0.648. The number of nitrogens with zero attached hydrogens (tertiary/aromatic N) is 6. The van der Waals surface area contributed by atoms with E-state index in [4.69, 9.17) is 4.98 Å². The summed E-state index contributed by atoms with van der Waals surface area (Å²) in [4.78, 5) is 21.7. The van der Waals surface area contributed by atoms with Gasteiger partial charge in [0, 0.05) is 67.5 Å². The van der Waals surface area contributed by atoms with Crippen LogP contribution in [-0.2, 0) is 6.54 Å². The molecule has 0 saturated carbocycles. The zero-order valence-corrected chi connectivity index (χ0v) is 14.7. The maximum Gasteiger partial charge on any atom is 0.163 e. The van der Waals surface area contributed by atoms with Gasteiger partial charge in [0.15, 0.2) is 5.82 Å². The van der Waals surface area contributed by atoms with Gasteiger partial charge < -0.3 is 9.88 Å². The van der Waals surface area contributed by atoms with E-state index in [1.54, 1.807) is 31.0 Å². The third kappa shape index (κ3) is 4.33. The third-order valence-electron chi connectivity index (χ3n) is 4.08. The Morgan fingerprint density at radius 3 is 2.59 bits per heavy atom. The van der Waals surface area contributed by atoms with Crippen molar-refractivity contribution in [1.29, 1.82) is 0 Å². The Kier molecular flexibility index (Phi) is 5.10. The predicted octanol–water partition coefficient (Wildman–Crippen LogP) is 3.30. The highest BCUT2D eigenvalue weighted by Crippen LogP contribution is 2.23. The monoisotopic (exact) mass is 357 g/mol. The van der Waals surface area contributed by atoms with Crippen molar-refractivity contribution in [1.82, 2.24) is 29.5 Å². The van der Waals surface area contributed by atoms with Gasteiger partial charge >= 0.3 is 0 Å². The van der Waals surface area contributed by atoms with Gasteiger partial charge in [-0.1, -0.05) is 0 Å². The van der Waals surface area contributed by atoms with Crippen molar-refractivity contribution in [3.63, 3.8) is 0 Å². The van der Waals surface area contributed by atoms with Crippen molar-refractivity contribution in [2.45, 2.75) is 13.0 Å². The summed E-state index contributed by atoms with van der Waals surface area (Å²) >= 11 is 0. The molecule has 0 aromatic carbocycles. The summed E-state index contributed by atoms with van der Waals surface area (Å²) in [5.41, 5.74) is 2.73. The van der Waals surface area contributed by atoms with Gasteiger partial charge in [-0.3, -0.25) is 9.97 Å². The van der Waals surface area contributed by atoms with Gasteiger partial charge in [-0.2, -0.15) is 0 Å². The van der Waals surface area contributed by atoms with Crippen molar-refractivity contribution in [3.8, 4) is 22.6 Å². The summed E-state index contributed by atoms with van der Waals surface area (Å²) in [5, 5.41) is 3.41. The molecule has 0 unspecified atom stereocenters. The largest absolute Gasteiger partial charge is 0.370 e. The summed E-state index contributed by atoms with van der Waals surface area (Å²) in [5.74, 6) is 1.44. The number of hydrogen-bond acceptors (Lipinski definition) is 6. The second-order valence-corrected chi connectivity index (χ2v) is 6.02. The number of aromatic nitrogens is 6. The first-order valence-corrected chi connectivity index (χ1v) is 8.78. The van der Waals surface area contributed by atoms with Crippen LogP contribution in [-0.4, -0.2) is 36.0 Å². The van der Waals surface area contributed by atoms with Gasteiger partial charge in [-0.15, -0.1) is 0 Å². The van der Waals surface area contributed by atoms with Crippen LogP contribution in [0.4, 0.5) is 5.82 Å². The molecule has 134 valence electrons. The van der Waals surface area contributed by atoms with Gasteiger partial charge in [0.2, 0.25) is 0 Å². The molecule has 0 saturated heterocycles. The second-order valence-electron chi connectivity index (χ2n) is 6.02. The molecule has 7 heteroatoms. The molecule has 0 amide bonds. The highest BCUT2D eigenvalue weighted by Gasteiger charge is 2.09. The maximum absolute atomic E-state index is 4.71. The van der Waals surface area contributed by atoms with Crippen LogP contribution in [0.2, 0.25) is 0 Å². The van der Waals surface area contributed by atoms with Gasteiger partial charge in [-0.05, 0) is 30.7 Å². The van der Waals surface area contributed by atoms with Crippen LogP contribution in [0.5, 0.6) is 0 Å². The summed E-state index contributed by atoms with van der Waals surface area (Å²) in [7, 11) is 0. The van der Waals surface area contributed by atoms with Crippen LogP contribution in [0.1, 0.15) is 6.42 Å². The third-order valence-corrected chi connectivity index (χ3v) is 4.08. The van der Waals surface area contributed by atoms with Crippen LogP contribution in [0.25, 0.3) is 22.6 Å². The highest BCUT2D eigenvalue weighted by molar-refractivity contribution is 5.66. The summed E-state index contributed by atoms with van der Waals surface area (Å²) in [6.45, 7) is 1.71. The topological polar surface area (TPSA) is 81.4 Å². The molecule has 4 aromatic heterocycles. The Morgan fingerprint density at radius 2 is 1.81 bits per heavy atom. The van der Waals surface area contributed by atoms with Gasteiger partial charge in [0.05, 0.1) is 12.0 Å². The number of imidazole rings is 1. The minimum atomic E-state index is 0.648. The molecule has 0 aliphatic heterocycles.